The number of nitrogens with zero attached hydrogens (tertiary/aromatic N) is 1. The average molecular weight is 466 g/mol. The number of anilines is 1. The van der Waals surface area contributed by atoms with Gasteiger partial charge in [0, 0.05) is 17.2 Å². The number of sulfonamides is 1. The van der Waals surface area contributed by atoms with Crippen LogP contribution in [-0.4, -0.2) is 36.3 Å². The van der Waals surface area contributed by atoms with Crippen molar-refractivity contribution in [3.8, 4) is 11.5 Å². The van der Waals surface area contributed by atoms with Crippen molar-refractivity contribution in [2.75, 3.05) is 23.8 Å². The first-order valence-corrected chi connectivity index (χ1v) is 13.2. The van der Waals surface area contributed by atoms with Crippen LogP contribution in [0.1, 0.15) is 4.88 Å². The van der Waals surface area contributed by atoms with Gasteiger partial charge >= 0.3 is 0 Å². The Morgan fingerprint density at radius 1 is 0.900 bits per heavy atom. The Kier molecular flexibility index (Phi) is 5.48. The summed E-state index contributed by atoms with van der Waals surface area (Å²) in [6.45, 7) is 0.963. The van der Waals surface area contributed by atoms with E-state index in [1.165, 1.54) is 39.9 Å². The molecule has 0 atom stereocenters. The van der Waals surface area contributed by atoms with Gasteiger partial charge < -0.3 is 9.47 Å². The van der Waals surface area contributed by atoms with Crippen LogP contribution in [0.15, 0.2) is 69.8 Å². The Balaban J connectivity index is 1.77. The zero-order chi connectivity index (χ0) is 21.4. The van der Waals surface area contributed by atoms with E-state index in [1.807, 2.05) is 17.5 Å². The predicted octanol–water partition coefficient (Wildman–Crippen LogP) is 3.32. The van der Waals surface area contributed by atoms with Crippen LogP contribution < -0.4 is 13.8 Å². The largest absolute Gasteiger partial charge is 0.486 e. The number of thiophene rings is 1. The fraction of sp³-hybridized carbons (Fsp3) is 0.200. The lowest BCUT2D eigenvalue weighted by molar-refractivity contribution is 0.171. The highest BCUT2D eigenvalue weighted by Crippen LogP contribution is 2.36. The van der Waals surface area contributed by atoms with Crippen molar-refractivity contribution in [2.24, 2.45) is 0 Å². The normalized spacial score (nSPS) is 13.8. The first kappa shape index (κ1) is 20.7. The van der Waals surface area contributed by atoms with Crippen molar-refractivity contribution in [3.63, 3.8) is 0 Å². The summed E-state index contributed by atoms with van der Waals surface area (Å²) in [5.74, 6) is 1.05. The Labute approximate surface area is 179 Å². The van der Waals surface area contributed by atoms with E-state index in [2.05, 4.69) is 0 Å². The van der Waals surface area contributed by atoms with Gasteiger partial charge in [-0.1, -0.05) is 6.07 Å². The minimum atomic E-state index is -3.97. The van der Waals surface area contributed by atoms with Gasteiger partial charge in [-0.15, -0.1) is 11.3 Å². The van der Waals surface area contributed by atoms with Gasteiger partial charge in [-0.3, -0.25) is 4.31 Å². The number of ether oxygens (including phenoxy) is 2. The number of sulfone groups is 1. The van der Waals surface area contributed by atoms with E-state index in [4.69, 9.17) is 9.47 Å². The quantitative estimate of drug-likeness (QED) is 0.555. The van der Waals surface area contributed by atoms with Crippen molar-refractivity contribution in [1.29, 1.82) is 0 Å². The summed E-state index contributed by atoms with van der Waals surface area (Å²) >= 11 is 1.45. The van der Waals surface area contributed by atoms with E-state index in [-0.39, 0.29) is 16.3 Å². The summed E-state index contributed by atoms with van der Waals surface area (Å²) in [5.41, 5.74) is 0.430. The van der Waals surface area contributed by atoms with Crippen molar-refractivity contribution >= 4 is 36.9 Å². The van der Waals surface area contributed by atoms with Crippen LogP contribution in [0.2, 0.25) is 0 Å². The van der Waals surface area contributed by atoms with Crippen molar-refractivity contribution in [3.05, 3.63) is 64.9 Å². The lowest BCUT2D eigenvalue weighted by Crippen LogP contribution is -2.30. The number of benzene rings is 2. The second-order valence-corrected chi connectivity index (χ2v) is 11.6. The summed E-state index contributed by atoms with van der Waals surface area (Å²) in [5, 5.41) is 1.88. The van der Waals surface area contributed by atoms with E-state index < -0.39 is 19.9 Å². The van der Waals surface area contributed by atoms with E-state index in [1.54, 1.807) is 18.2 Å². The lowest BCUT2D eigenvalue weighted by atomic mass is 10.2. The second-order valence-electron chi connectivity index (χ2n) is 6.66. The van der Waals surface area contributed by atoms with Gasteiger partial charge in [0.15, 0.2) is 21.3 Å². The summed E-state index contributed by atoms with van der Waals surface area (Å²) in [6, 6.07) is 13.9. The average Bonchev–Trinajstić information content (AvgIpc) is 3.24. The van der Waals surface area contributed by atoms with Crippen molar-refractivity contribution in [1.82, 2.24) is 0 Å². The summed E-state index contributed by atoms with van der Waals surface area (Å²) in [7, 11) is -7.40. The van der Waals surface area contributed by atoms with Crippen molar-refractivity contribution < 1.29 is 26.3 Å². The molecule has 0 saturated heterocycles. The Bertz CT molecular complexity index is 1250. The lowest BCUT2D eigenvalue weighted by Gasteiger charge is -2.26. The molecule has 2 aromatic carbocycles. The predicted molar refractivity (Wildman–Crippen MR) is 115 cm³/mol. The van der Waals surface area contributed by atoms with Gasteiger partial charge in [-0.25, -0.2) is 16.8 Å². The summed E-state index contributed by atoms with van der Waals surface area (Å²) in [4.78, 5) is 0.924. The molecule has 1 aromatic heterocycles. The highest BCUT2D eigenvalue weighted by Gasteiger charge is 2.27. The fourth-order valence-electron chi connectivity index (χ4n) is 3.03. The first-order valence-electron chi connectivity index (χ1n) is 9.00. The molecule has 3 aromatic rings. The highest BCUT2D eigenvalue weighted by atomic mass is 32.2. The molecular weight excluding hydrogens is 446 g/mol. The maximum absolute atomic E-state index is 13.5. The van der Waals surface area contributed by atoms with E-state index in [0.29, 0.717) is 30.4 Å². The number of fused-ring (bicyclic) bond motifs is 1. The molecule has 0 bridgehead atoms. The van der Waals surface area contributed by atoms with Crippen LogP contribution in [0, 0.1) is 0 Å². The number of rotatable bonds is 6. The fourth-order valence-corrected chi connectivity index (χ4v) is 5.87. The Hall–Kier alpha value is -2.56. The maximum atomic E-state index is 13.5. The third-order valence-corrected chi connectivity index (χ3v) is 8.31. The maximum Gasteiger partial charge on any atom is 0.264 e. The zero-order valence-corrected chi connectivity index (χ0v) is 18.5. The molecular formula is C20H19NO6S3. The zero-order valence-electron chi connectivity index (χ0n) is 16.0. The molecule has 0 radical (unpaired) electrons. The molecule has 30 heavy (non-hydrogen) atoms. The molecule has 0 N–H and O–H groups in total. The second kappa shape index (κ2) is 7.93. The standard InChI is InChI=1S/C20H19NO6S3/c1-29(22,23)17-5-7-18(8-6-17)30(24,25)21(14-16-3-2-12-28-16)15-4-9-19-20(13-15)27-11-10-26-19/h2-9,12-13H,10-11,14H2,1H3. The highest BCUT2D eigenvalue weighted by molar-refractivity contribution is 7.93. The van der Waals surface area contributed by atoms with E-state index in [9.17, 15) is 16.8 Å². The minimum Gasteiger partial charge on any atom is -0.486 e. The molecule has 1 aliphatic rings. The van der Waals surface area contributed by atoms with Gasteiger partial charge in [0.1, 0.15) is 13.2 Å². The van der Waals surface area contributed by atoms with Crippen LogP contribution in [-0.2, 0) is 26.4 Å². The molecule has 0 saturated carbocycles. The molecule has 0 amide bonds. The summed E-state index contributed by atoms with van der Waals surface area (Å²) in [6.07, 6.45) is 1.08. The molecule has 0 unspecified atom stereocenters. The number of hydrogen-bond donors (Lipinski definition) is 0. The van der Waals surface area contributed by atoms with Crippen LogP contribution in [0.5, 0.6) is 11.5 Å². The van der Waals surface area contributed by atoms with Crippen LogP contribution >= 0.6 is 11.3 Å². The SMILES string of the molecule is CS(=O)(=O)c1ccc(S(=O)(=O)N(Cc2cccs2)c2ccc3c(c2)OCCO3)cc1. The molecule has 7 nitrogen and oxygen atoms in total. The van der Waals surface area contributed by atoms with Crippen LogP contribution in [0.3, 0.4) is 0 Å². The molecule has 4 rings (SSSR count). The third-order valence-electron chi connectivity index (χ3n) is 4.53. The van der Waals surface area contributed by atoms with Crippen LogP contribution in [0.4, 0.5) is 5.69 Å². The first-order chi connectivity index (χ1) is 14.2. The number of hydrogen-bond acceptors (Lipinski definition) is 7. The van der Waals surface area contributed by atoms with Gasteiger partial charge in [-0.2, -0.15) is 0 Å². The smallest absolute Gasteiger partial charge is 0.264 e. The third kappa shape index (κ3) is 4.16. The molecule has 10 heteroatoms. The molecule has 0 aliphatic carbocycles. The van der Waals surface area contributed by atoms with Crippen molar-refractivity contribution in [2.45, 2.75) is 16.3 Å². The van der Waals surface area contributed by atoms with Crippen LogP contribution in [0.25, 0.3) is 0 Å². The molecule has 2 heterocycles. The van der Waals surface area contributed by atoms with Gasteiger partial charge in [0.05, 0.1) is 22.0 Å². The van der Waals surface area contributed by atoms with E-state index >= 15 is 0 Å². The van der Waals surface area contributed by atoms with Gasteiger partial charge in [0.2, 0.25) is 0 Å². The van der Waals surface area contributed by atoms with Gasteiger partial charge in [-0.05, 0) is 47.8 Å². The molecule has 0 spiro atoms. The van der Waals surface area contributed by atoms with Gasteiger partial charge in [0.25, 0.3) is 10.0 Å². The molecule has 158 valence electrons. The molecule has 0 fully saturated rings. The Morgan fingerprint density at radius 3 is 2.20 bits per heavy atom. The van der Waals surface area contributed by atoms with E-state index in [0.717, 1.165) is 11.1 Å². The Morgan fingerprint density at radius 2 is 1.57 bits per heavy atom. The summed E-state index contributed by atoms with van der Waals surface area (Å²) < 4.78 is 62.8. The topological polar surface area (TPSA) is 90.0 Å². The monoisotopic (exact) mass is 465 g/mol. The minimum absolute atomic E-state index is 0.00125. The molecule has 1 aliphatic heterocycles.